The van der Waals surface area contributed by atoms with Crippen LogP contribution in [0.15, 0.2) is 57.5 Å². The molecule has 10 nitrogen and oxygen atoms in total. The molecule has 0 spiro atoms. The van der Waals surface area contributed by atoms with Crippen LogP contribution in [-0.4, -0.2) is 47.7 Å². The number of sulfonamides is 1. The number of nitrogens with one attached hydrogen (secondary N) is 1. The Morgan fingerprint density at radius 3 is 2.82 bits per heavy atom. The molecule has 3 aromatic rings. The van der Waals surface area contributed by atoms with Gasteiger partial charge in [-0.3, -0.25) is 14.5 Å². The molecule has 2 aromatic heterocycles. The molecule has 0 unspecified atom stereocenters. The molecule has 28 heavy (non-hydrogen) atoms. The predicted octanol–water partition coefficient (Wildman–Crippen LogP) is 2.10. The number of nitro benzene ring substituents is 1. The van der Waals surface area contributed by atoms with Crippen molar-refractivity contribution in [2.24, 2.45) is 0 Å². The summed E-state index contributed by atoms with van der Waals surface area (Å²) in [6.45, 7) is 1.81. The molecule has 0 radical (unpaired) electrons. The normalized spacial score (nSPS) is 12.9. The molecule has 0 saturated heterocycles. The Hall–Kier alpha value is -2.54. The molecule has 1 N–H and O–H groups in total. The van der Waals surface area contributed by atoms with Crippen molar-refractivity contribution in [1.82, 2.24) is 19.3 Å². The van der Waals surface area contributed by atoms with Gasteiger partial charge in [0.2, 0.25) is 15.2 Å². The Labute approximate surface area is 165 Å². The van der Waals surface area contributed by atoms with Crippen LogP contribution in [0.4, 0.5) is 5.69 Å². The average Bonchev–Trinajstić information content (AvgIpc) is 3.04. The second kappa shape index (κ2) is 8.22. The van der Waals surface area contributed by atoms with Crippen LogP contribution in [-0.2, 0) is 14.8 Å². The third-order valence-electron chi connectivity index (χ3n) is 3.69. The van der Waals surface area contributed by atoms with Gasteiger partial charge in [0.05, 0.1) is 21.3 Å². The van der Waals surface area contributed by atoms with Crippen molar-refractivity contribution in [2.75, 3.05) is 13.7 Å². The topological polar surface area (TPSA) is 129 Å². The van der Waals surface area contributed by atoms with E-state index in [-0.39, 0.29) is 22.1 Å². The van der Waals surface area contributed by atoms with E-state index < -0.39 is 21.0 Å². The molecule has 0 saturated carbocycles. The second-order valence-electron chi connectivity index (χ2n) is 5.88. The SMILES string of the molecule is COC[C@@H](C)NS(=O)(=O)c1ccc(Sc2nnc3ccccn23)c([N+](=O)[O-])c1. The van der Waals surface area contributed by atoms with Crippen LogP contribution in [0.1, 0.15) is 6.92 Å². The molecule has 0 amide bonds. The maximum Gasteiger partial charge on any atom is 0.284 e. The Morgan fingerprint density at radius 1 is 1.32 bits per heavy atom. The van der Waals surface area contributed by atoms with Crippen LogP contribution in [0.5, 0.6) is 0 Å². The molecule has 2 heterocycles. The van der Waals surface area contributed by atoms with E-state index in [0.717, 1.165) is 17.8 Å². The van der Waals surface area contributed by atoms with Crippen molar-refractivity contribution in [1.29, 1.82) is 0 Å². The molecule has 1 atom stereocenters. The number of benzene rings is 1. The molecule has 0 aliphatic carbocycles. The summed E-state index contributed by atoms with van der Waals surface area (Å²) in [5.74, 6) is 0. The Morgan fingerprint density at radius 2 is 2.11 bits per heavy atom. The molecule has 0 aliphatic heterocycles. The van der Waals surface area contributed by atoms with Crippen molar-refractivity contribution in [2.45, 2.75) is 27.9 Å². The number of hydrogen-bond donors (Lipinski definition) is 1. The van der Waals surface area contributed by atoms with Gasteiger partial charge < -0.3 is 4.74 Å². The fourth-order valence-electron chi connectivity index (χ4n) is 2.50. The van der Waals surface area contributed by atoms with Gasteiger partial charge in [-0.05, 0) is 43.0 Å². The molecule has 3 rings (SSSR count). The zero-order valence-electron chi connectivity index (χ0n) is 15.0. The van der Waals surface area contributed by atoms with Gasteiger partial charge in [-0.2, -0.15) is 0 Å². The third-order valence-corrected chi connectivity index (χ3v) is 6.31. The van der Waals surface area contributed by atoms with Gasteiger partial charge in [0.1, 0.15) is 0 Å². The zero-order chi connectivity index (χ0) is 20.3. The number of ether oxygens (including phenoxy) is 1. The van der Waals surface area contributed by atoms with Crippen LogP contribution in [0.25, 0.3) is 5.65 Å². The smallest absolute Gasteiger partial charge is 0.284 e. The van der Waals surface area contributed by atoms with E-state index in [1.54, 1.807) is 35.7 Å². The fourth-order valence-corrected chi connectivity index (χ4v) is 4.65. The van der Waals surface area contributed by atoms with Gasteiger partial charge >= 0.3 is 0 Å². The number of fused-ring (bicyclic) bond motifs is 1. The van der Waals surface area contributed by atoms with Gasteiger partial charge in [-0.15, -0.1) is 10.2 Å². The monoisotopic (exact) mass is 423 g/mol. The van der Waals surface area contributed by atoms with E-state index in [4.69, 9.17) is 4.74 Å². The molecular formula is C16H17N5O5S2. The van der Waals surface area contributed by atoms with Crippen LogP contribution < -0.4 is 4.72 Å². The van der Waals surface area contributed by atoms with Gasteiger partial charge in [0.15, 0.2) is 5.65 Å². The Balaban J connectivity index is 1.94. The first-order valence-corrected chi connectivity index (χ1v) is 10.4. The van der Waals surface area contributed by atoms with Crippen molar-refractivity contribution < 1.29 is 18.1 Å². The van der Waals surface area contributed by atoms with E-state index in [2.05, 4.69) is 14.9 Å². The van der Waals surface area contributed by atoms with Crippen LogP contribution >= 0.6 is 11.8 Å². The lowest BCUT2D eigenvalue weighted by molar-refractivity contribution is -0.388. The maximum atomic E-state index is 12.5. The summed E-state index contributed by atoms with van der Waals surface area (Å²) in [5.41, 5.74) is 0.267. The van der Waals surface area contributed by atoms with Gasteiger partial charge in [-0.25, -0.2) is 13.1 Å². The number of rotatable bonds is 8. The van der Waals surface area contributed by atoms with Crippen molar-refractivity contribution in [3.8, 4) is 0 Å². The number of aromatic nitrogens is 3. The number of nitro groups is 1. The van der Waals surface area contributed by atoms with E-state index in [1.807, 2.05) is 0 Å². The molecule has 12 heteroatoms. The van der Waals surface area contributed by atoms with Gasteiger partial charge in [0.25, 0.3) is 5.69 Å². The standard InChI is InChI=1S/C16H17N5O5S2/c1-11(10-26-2)19-28(24,25)12-6-7-14(13(9-12)21(22)23)27-16-18-17-15-5-3-4-8-20(15)16/h3-9,11,19H,10H2,1-2H3/t11-/m1/s1. The first kappa shape index (κ1) is 20.2. The lowest BCUT2D eigenvalue weighted by Gasteiger charge is -2.13. The molecule has 0 aliphatic rings. The summed E-state index contributed by atoms with van der Waals surface area (Å²) < 4.78 is 34.0. The summed E-state index contributed by atoms with van der Waals surface area (Å²) in [6.07, 6.45) is 1.74. The van der Waals surface area contributed by atoms with E-state index >= 15 is 0 Å². The summed E-state index contributed by atoms with van der Waals surface area (Å²) in [6, 6.07) is 8.62. The first-order valence-electron chi connectivity index (χ1n) is 8.09. The van der Waals surface area contributed by atoms with Crippen LogP contribution in [0.3, 0.4) is 0 Å². The largest absolute Gasteiger partial charge is 0.383 e. The van der Waals surface area contributed by atoms with E-state index in [0.29, 0.717) is 10.8 Å². The number of hydrogen-bond acceptors (Lipinski definition) is 8. The summed E-state index contributed by atoms with van der Waals surface area (Å²) in [4.78, 5) is 11.0. The maximum absolute atomic E-state index is 12.5. The Bertz CT molecular complexity index is 1120. The number of pyridine rings is 1. The Kier molecular flexibility index (Phi) is 5.93. The lowest BCUT2D eigenvalue weighted by Crippen LogP contribution is -2.35. The van der Waals surface area contributed by atoms with E-state index in [1.165, 1.54) is 19.2 Å². The third kappa shape index (κ3) is 4.30. The summed E-state index contributed by atoms with van der Waals surface area (Å²) >= 11 is 1.03. The molecule has 0 bridgehead atoms. The molecule has 0 fully saturated rings. The minimum atomic E-state index is -3.93. The van der Waals surface area contributed by atoms with Crippen molar-refractivity contribution >= 4 is 33.1 Å². The summed E-state index contributed by atoms with van der Waals surface area (Å²) in [7, 11) is -2.47. The molecule has 148 valence electrons. The molecular weight excluding hydrogens is 406 g/mol. The van der Waals surface area contributed by atoms with Crippen molar-refractivity contribution in [3.63, 3.8) is 0 Å². The number of nitrogens with zero attached hydrogens (tertiary/aromatic N) is 4. The molecule has 1 aromatic carbocycles. The minimum Gasteiger partial charge on any atom is -0.383 e. The quantitative estimate of drug-likeness (QED) is 0.431. The zero-order valence-corrected chi connectivity index (χ0v) is 16.6. The second-order valence-corrected chi connectivity index (χ2v) is 8.60. The van der Waals surface area contributed by atoms with Gasteiger partial charge in [-0.1, -0.05) is 6.07 Å². The van der Waals surface area contributed by atoms with E-state index in [9.17, 15) is 18.5 Å². The van der Waals surface area contributed by atoms with Crippen molar-refractivity contribution in [3.05, 3.63) is 52.7 Å². The van der Waals surface area contributed by atoms with Crippen LogP contribution in [0.2, 0.25) is 0 Å². The van der Waals surface area contributed by atoms with Crippen LogP contribution in [0, 0.1) is 10.1 Å². The highest BCUT2D eigenvalue weighted by atomic mass is 32.2. The van der Waals surface area contributed by atoms with Gasteiger partial charge in [0, 0.05) is 25.4 Å². The lowest BCUT2D eigenvalue weighted by atomic mass is 10.3. The minimum absolute atomic E-state index is 0.176. The summed E-state index contributed by atoms with van der Waals surface area (Å²) in [5, 5.41) is 20.0. The highest BCUT2D eigenvalue weighted by molar-refractivity contribution is 7.99. The number of methoxy groups -OCH3 is 1. The highest BCUT2D eigenvalue weighted by Gasteiger charge is 2.24. The highest BCUT2D eigenvalue weighted by Crippen LogP contribution is 2.35. The predicted molar refractivity (Wildman–Crippen MR) is 102 cm³/mol. The fraction of sp³-hybridized carbons (Fsp3) is 0.250. The first-order chi connectivity index (χ1) is 13.3. The average molecular weight is 423 g/mol.